The molecule has 4 fully saturated rings. The van der Waals surface area contributed by atoms with Gasteiger partial charge in [-0.15, -0.1) is 11.8 Å². The van der Waals surface area contributed by atoms with E-state index in [-0.39, 0.29) is 17.2 Å². The number of aliphatic carboxylic acids is 1. The molecule has 4 atom stereocenters. The van der Waals surface area contributed by atoms with Gasteiger partial charge in [-0.05, 0) is 49.9 Å². The van der Waals surface area contributed by atoms with E-state index in [0.717, 1.165) is 37.5 Å². The minimum atomic E-state index is -0.827. The summed E-state index contributed by atoms with van der Waals surface area (Å²) in [6.45, 7) is 0. The van der Waals surface area contributed by atoms with Crippen molar-refractivity contribution in [3.8, 4) is 0 Å². The minimum absolute atomic E-state index is 0.116. The van der Waals surface area contributed by atoms with E-state index in [1.165, 1.54) is 6.42 Å². The number of carbonyl (C=O) groups excluding carboxylic acids is 1. The Morgan fingerprint density at radius 2 is 1.74 bits per heavy atom. The third-order valence-corrected chi connectivity index (χ3v) is 6.65. The summed E-state index contributed by atoms with van der Waals surface area (Å²) in [6, 6.07) is -0.583. The molecule has 19 heavy (non-hydrogen) atoms. The first-order chi connectivity index (χ1) is 9.15. The quantitative estimate of drug-likeness (QED) is 0.857. The second-order valence-corrected chi connectivity index (χ2v) is 7.73. The molecule has 1 aliphatic heterocycles. The molecule has 0 spiro atoms. The maximum Gasteiger partial charge on any atom is 0.327 e. The highest BCUT2D eigenvalue weighted by Gasteiger charge is 2.53. The highest BCUT2D eigenvalue weighted by atomic mass is 32.2. The van der Waals surface area contributed by atoms with Gasteiger partial charge in [-0.25, -0.2) is 4.79 Å². The maximum absolute atomic E-state index is 12.7. The molecule has 0 aromatic heterocycles. The molecule has 0 aromatic rings. The monoisotopic (exact) mass is 281 g/mol. The molecule has 1 heterocycles. The molecule has 3 saturated carbocycles. The van der Waals surface area contributed by atoms with Crippen LogP contribution in [-0.4, -0.2) is 39.1 Å². The molecular weight excluding hydrogens is 262 g/mol. The first kappa shape index (κ1) is 12.1. The second kappa shape index (κ2) is 4.14. The molecular formula is C14H19NO3S. The second-order valence-electron chi connectivity index (χ2n) is 6.59. The van der Waals surface area contributed by atoms with E-state index >= 15 is 0 Å². The summed E-state index contributed by atoms with van der Waals surface area (Å²) >= 11 is 1.68. The van der Waals surface area contributed by atoms with Crippen LogP contribution in [0.2, 0.25) is 0 Å². The van der Waals surface area contributed by atoms with Crippen LogP contribution >= 0.6 is 11.8 Å². The van der Waals surface area contributed by atoms with Crippen LogP contribution in [0.15, 0.2) is 0 Å². The van der Waals surface area contributed by atoms with Crippen molar-refractivity contribution in [3.05, 3.63) is 0 Å². The van der Waals surface area contributed by atoms with E-state index in [0.29, 0.717) is 11.7 Å². The van der Waals surface area contributed by atoms with Gasteiger partial charge in [0.25, 0.3) is 0 Å². The average molecular weight is 281 g/mol. The number of carboxylic acid groups (broad SMARTS) is 1. The largest absolute Gasteiger partial charge is 0.480 e. The summed E-state index contributed by atoms with van der Waals surface area (Å²) < 4.78 is 0. The topological polar surface area (TPSA) is 57.6 Å². The van der Waals surface area contributed by atoms with Crippen molar-refractivity contribution in [2.24, 2.45) is 23.7 Å². The standard InChI is InChI=1S/C14H19NO3S/c16-12(10-4-8-3-9(8)5-10)15-11(14(17)18)6-19-13(15)7-1-2-7/h7-11,13H,1-6H2,(H,17,18). The first-order valence-corrected chi connectivity index (χ1v) is 8.36. The Bertz CT molecular complexity index is 426. The summed E-state index contributed by atoms with van der Waals surface area (Å²) in [5.41, 5.74) is 0. The van der Waals surface area contributed by atoms with Crippen LogP contribution in [0.5, 0.6) is 0 Å². The zero-order chi connectivity index (χ0) is 13.1. The van der Waals surface area contributed by atoms with Gasteiger partial charge in [0.05, 0.1) is 5.37 Å². The lowest BCUT2D eigenvalue weighted by atomic mass is 10.0. The molecule has 1 saturated heterocycles. The summed E-state index contributed by atoms with van der Waals surface area (Å²) in [6.07, 6.45) is 5.63. The molecule has 0 bridgehead atoms. The number of hydrogen-bond donors (Lipinski definition) is 1. The van der Waals surface area contributed by atoms with Crippen molar-refractivity contribution in [1.29, 1.82) is 0 Å². The van der Waals surface area contributed by atoms with Crippen LogP contribution in [0.1, 0.15) is 32.1 Å². The Hall–Kier alpha value is -0.710. The normalized spacial score (nSPS) is 44.2. The summed E-state index contributed by atoms with van der Waals surface area (Å²) in [7, 11) is 0. The Morgan fingerprint density at radius 3 is 2.32 bits per heavy atom. The number of amides is 1. The lowest BCUT2D eigenvalue weighted by Gasteiger charge is -2.30. The van der Waals surface area contributed by atoms with Crippen LogP contribution < -0.4 is 0 Å². The summed E-state index contributed by atoms with van der Waals surface area (Å²) in [4.78, 5) is 25.9. The lowest BCUT2D eigenvalue weighted by molar-refractivity contribution is -0.151. The van der Waals surface area contributed by atoms with Crippen molar-refractivity contribution < 1.29 is 14.7 Å². The van der Waals surface area contributed by atoms with Crippen molar-refractivity contribution in [2.75, 3.05) is 5.75 Å². The maximum atomic E-state index is 12.7. The smallest absolute Gasteiger partial charge is 0.327 e. The first-order valence-electron chi connectivity index (χ1n) is 7.31. The minimum Gasteiger partial charge on any atom is -0.480 e. The van der Waals surface area contributed by atoms with Crippen LogP contribution in [0.25, 0.3) is 0 Å². The Balaban J connectivity index is 1.53. The number of rotatable bonds is 3. The highest BCUT2D eigenvalue weighted by Crippen LogP contribution is 2.55. The number of thioether (sulfide) groups is 1. The molecule has 4 unspecified atom stereocenters. The fraction of sp³-hybridized carbons (Fsp3) is 0.857. The SMILES string of the molecule is O=C(O)C1CSC(C2CC2)N1C(=O)C1CC2CC2C1. The van der Waals surface area contributed by atoms with E-state index in [1.807, 2.05) is 0 Å². The van der Waals surface area contributed by atoms with Gasteiger partial charge in [-0.3, -0.25) is 4.79 Å². The van der Waals surface area contributed by atoms with Gasteiger partial charge in [0.15, 0.2) is 0 Å². The van der Waals surface area contributed by atoms with Gasteiger partial charge in [0.1, 0.15) is 6.04 Å². The number of nitrogens with zero attached hydrogens (tertiary/aromatic N) is 1. The van der Waals surface area contributed by atoms with Crippen LogP contribution in [-0.2, 0) is 9.59 Å². The summed E-state index contributed by atoms with van der Waals surface area (Å²) in [5, 5.41) is 9.49. The van der Waals surface area contributed by atoms with Crippen LogP contribution in [0, 0.1) is 23.7 Å². The van der Waals surface area contributed by atoms with E-state index in [2.05, 4.69) is 0 Å². The predicted octanol–water partition coefficient (Wildman–Crippen LogP) is 1.80. The number of carboxylic acids is 1. The molecule has 4 nitrogen and oxygen atoms in total. The van der Waals surface area contributed by atoms with Gasteiger partial charge >= 0.3 is 5.97 Å². The van der Waals surface area contributed by atoms with Gasteiger partial charge in [0.2, 0.25) is 5.91 Å². The fourth-order valence-corrected chi connectivity index (χ4v) is 5.51. The van der Waals surface area contributed by atoms with Crippen molar-refractivity contribution in [3.63, 3.8) is 0 Å². The molecule has 5 heteroatoms. The lowest BCUT2D eigenvalue weighted by Crippen LogP contribution is -2.48. The number of hydrogen-bond acceptors (Lipinski definition) is 3. The Kier molecular flexibility index (Phi) is 2.63. The number of fused-ring (bicyclic) bond motifs is 1. The van der Waals surface area contributed by atoms with Crippen LogP contribution in [0.4, 0.5) is 0 Å². The van der Waals surface area contributed by atoms with Crippen molar-refractivity contribution >= 4 is 23.6 Å². The molecule has 3 aliphatic carbocycles. The molecule has 104 valence electrons. The summed E-state index contributed by atoms with van der Waals surface area (Å²) in [5.74, 6) is 2.09. The van der Waals surface area contributed by atoms with Gasteiger partial charge in [-0.2, -0.15) is 0 Å². The average Bonchev–Trinajstić information content (AvgIpc) is 3.29. The van der Waals surface area contributed by atoms with E-state index in [4.69, 9.17) is 0 Å². The zero-order valence-corrected chi connectivity index (χ0v) is 11.6. The molecule has 1 amide bonds. The van der Waals surface area contributed by atoms with Crippen molar-refractivity contribution in [2.45, 2.75) is 43.5 Å². The van der Waals surface area contributed by atoms with Crippen molar-refractivity contribution in [1.82, 2.24) is 4.90 Å². The fourth-order valence-electron chi connectivity index (χ4n) is 3.87. The zero-order valence-electron chi connectivity index (χ0n) is 10.8. The van der Waals surface area contributed by atoms with E-state index in [9.17, 15) is 14.7 Å². The molecule has 0 radical (unpaired) electrons. The Morgan fingerprint density at radius 1 is 1.05 bits per heavy atom. The third kappa shape index (κ3) is 1.97. The third-order valence-electron chi connectivity index (χ3n) is 5.19. The predicted molar refractivity (Wildman–Crippen MR) is 71.6 cm³/mol. The van der Waals surface area contributed by atoms with E-state index < -0.39 is 12.0 Å². The molecule has 1 N–H and O–H groups in total. The highest BCUT2D eigenvalue weighted by molar-refractivity contribution is 8.00. The van der Waals surface area contributed by atoms with Gasteiger partial charge in [0, 0.05) is 11.7 Å². The van der Waals surface area contributed by atoms with Crippen LogP contribution in [0.3, 0.4) is 0 Å². The Labute approximate surface area is 116 Å². The van der Waals surface area contributed by atoms with E-state index in [1.54, 1.807) is 16.7 Å². The molecule has 4 aliphatic rings. The van der Waals surface area contributed by atoms with Gasteiger partial charge in [-0.1, -0.05) is 0 Å². The number of carbonyl (C=O) groups is 2. The van der Waals surface area contributed by atoms with Gasteiger partial charge < -0.3 is 10.0 Å². The molecule has 0 aromatic carbocycles. The molecule has 4 rings (SSSR count).